The summed E-state index contributed by atoms with van der Waals surface area (Å²) in [4.78, 5) is 0. The van der Waals surface area contributed by atoms with Crippen molar-refractivity contribution < 1.29 is 9.47 Å². The molecule has 0 atom stereocenters. The molecule has 1 heterocycles. The minimum Gasteiger partial charge on any atom is -0.491 e. The third-order valence-electron chi connectivity index (χ3n) is 1.81. The van der Waals surface area contributed by atoms with Gasteiger partial charge in [-0.3, -0.25) is 0 Å². The molecule has 0 aromatic heterocycles. The molecule has 1 aliphatic heterocycles. The maximum absolute atomic E-state index is 5.47. The topological polar surface area (TPSA) is 18.5 Å². The minimum absolute atomic E-state index is 0.636. The molecule has 0 bridgehead atoms. The number of fused-ring (bicyclic) bond motifs is 1. The maximum Gasteiger partial charge on any atom is 0.126 e. The lowest BCUT2D eigenvalue weighted by molar-refractivity contribution is 0.106. The van der Waals surface area contributed by atoms with Crippen LogP contribution < -0.4 is 4.74 Å². The standard InChI is InChI=1S/C9H9BrO2/c10-8-2-1-3-9-7(8)6-11-4-5-12-9/h1-3H,4-6H2. The summed E-state index contributed by atoms with van der Waals surface area (Å²) >= 11 is 3.46. The summed E-state index contributed by atoms with van der Waals surface area (Å²) in [5, 5.41) is 0. The van der Waals surface area contributed by atoms with E-state index in [0.717, 1.165) is 15.8 Å². The highest BCUT2D eigenvalue weighted by Crippen LogP contribution is 2.28. The first-order valence-corrected chi connectivity index (χ1v) is 4.65. The second-order valence-corrected chi connectivity index (χ2v) is 3.47. The SMILES string of the molecule is Brc1cccc2c1COCCO2. The lowest BCUT2D eigenvalue weighted by Crippen LogP contribution is -2.00. The van der Waals surface area contributed by atoms with Gasteiger partial charge in [-0.05, 0) is 12.1 Å². The van der Waals surface area contributed by atoms with Gasteiger partial charge in [-0.1, -0.05) is 22.0 Å². The molecule has 2 rings (SSSR count). The Morgan fingerprint density at radius 1 is 1.25 bits per heavy atom. The summed E-state index contributed by atoms with van der Waals surface area (Å²) in [5.41, 5.74) is 1.11. The molecular weight excluding hydrogens is 220 g/mol. The van der Waals surface area contributed by atoms with Crippen LogP contribution in [0.25, 0.3) is 0 Å². The van der Waals surface area contributed by atoms with E-state index in [1.54, 1.807) is 0 Å². The second kappa shape index (κ2) is 3.46. The van der Waals surface area contributed by atoms with Crippen LogP contribution in [0.1, 0.15) is 5.56 Å². The summed E-state index contributed by atoms with van der Waals surface area (Å²) in [5.74, 6) is 0.932. The highest BCUT2D eigenvalue weighted by atomic mass is 79.9. The number of ether oxygens (including phenoxy) is 2. The summed E-state index contributed by atoms with van der Waals surface area (Å²) in [6, 6.07) is 5.93. The van der Waals surface area contributed by atoms with Gasteiger partial charge in [0.2, 0.25) is 0 Å². The smallest absolute Gasteiger partial charge is 0.126 e. The number of benzene rings is 1. The molecule has 0 saturated heterocycles. The molecular formula is C9H9BrO2. The van der Waals surface area contributed by atoms with Gasteiger partial charge < -0.3 is 9.47 Å². The zero-order valence-corrected chi connectivity index (χ0v) is 8.13. The molecule has 1 aromatic rings. The van der Waals surface area contributed by atoms with Gasteiger partial charge in [-0.2, -0.15) is 0 Å². The molecule has 2 nitrogen and oxygen atoms in total. The van der Waals surface area contributed by atoms with Crippen LogP contribution in [0.5, 0.6) is 5.75 Å². The van der Waals surface area contributed by atoms with Gasteiger partial charge in [0.05, 0.1) is 13.2 Å². The van der Waals surface area contributed by atoms with Gasteiger partial charge in [0, 0.05) is 10.0 Å². The minimum atomic E-state index is 0.636. The van der Waals surface area contributed by atoms with E-state index in [1.807, 2.05) is 18.2 Å². The van der Waals surface area contributed by atoms with Crippen LogP contribution in [0.2, 0.25) is 0 Å². The van der Waals surface area contributed by atoms with Crippen molar-refractivity contribution in [2.75, 3.05) is 13.2 Å². The number of hydrogen-bond acceptors (Lipinski definition) is 2. The molecule has 64 valence electrons. The Hall–Kier alpha value is -0.540. The van der Waals surface area contributed by atoms with E-state index in [0.29, 0.717) is 19.8 Å². The fourth-order valence-electron chi connectivity index (χ4n) is 1.20. The summed E-state index contributed by atoms with van der Waals surface area (Å²) in [6.07, 6.45) is 0. The Kier molecular flexibility index (Phi) is 2.33. The largest absolute Gasteiger partial charge is 0.491 e. The molecule has 12 heavy (non-hydrogen) atoms. The van der Waals surface area contributed by atoms with Gasteiger partial charge in [-0.15, -0.1) is 0 Å². The van der Waals surface area contributed by atoms with Crippen molar-refractivity contribution in [3.05, 3.63) is 28.2 Å². The Morgan fingerprint density at radius 3 is 3.08 bits per heavy atom. The summed E-state index contributed by atoms with van der Waals surface area (Å²) < 4.78 is 11.9. The predicted molar refractivity (Wildman–Crippen MR) is 49.3 cm³/mol. The Labute approximate surface area is 79.6 Å². The quantitative estimate of drug-likeness (QED) is 0.679. The van der Waals surface area contributed by atoms with Crippen LogP contribution >= 0.6 is 15.9 Å². The summed E-state index contributed by atoms with van der Waals surface area (Å²) in [6.45, 7) is 1.95. The first-order chi connectivity index (χ1) is 5.88. The Morgan fingerprint density at radius 2 is 2.17 bits per heavy atom. The van der Waals surface area contributed by atoms with E-state index >= 15 is 0 Å². The Bertz CT molecular complexity index is 286. The number of halogens is 1. The van der Waals surface area contributed by atoms with E-state index in [-0.39, 0.29) is 0 Å². The first kappa shape index (κ1) is 8.08. The van der Waals surface area contributed by atoms with Crippen LogP contribution in [0, 0.1) is 0 Å². The van der Waals surface area contributed by atoms with E-state index in [9.17, 15) is 0 Å². The van der Waals surface area contributed by atoms with Gasteiger partial charge >= 0.3 is 0 Å². The van der Waals surface area contributed by atoms with Gasteiger partial charge in [0.1, 0.15) is 12.4 Å². The van der Waals surface area contributed by atoms with E-state index in [2.05, 4.69) is 15.9 Å². The first-order valence-electron chi connectivity index (χ1n) is 3.86. The van der Waals surface area contributed by atoms with Crippen molar-refractivity contribution in [1.82, 2.24) is 0 Å². The van der Waals surface area contributed by atoms with Crippen molar-refractivity contribution in [2.24, 2.45) is 0 Å². The van der Waals surface area contributed by atoms with Crippen molar-refractivity contribution in [3.63, 3.8) is 0 Å². The normalized spacial score (nSPS) is 16.1. The molecule has 0 spiro atoms. The molecule has 0 amide bonds. The maximum atomic E-state index is 5.47. The van der Waals surface area contributed by atoms with Crippen LogP contribution in [0.3, 0.4) is 0 Å². The van der Waals surface area contributed by atoms with Crippen LogP contribution in [-0.2, 0) is 11.3 Å². The second-order valence-electron chi connectivity index (χ2n) is 2.62. The van der Waals surface area contributed by atoms with Crippen molar-refractivity contribution >= 4 is 15.9 Å². The third kappa shape index (κ3) is 1.47. The van der Waals surface area contributed by atoms with E-state index in [4.69, 9.17) is 9.47 Å². The van der Waals surface area contributed by atoms with Crippen molar-refractivity contribution in [3.8, 4) is 5.75 Å². The summed E-state index contributed by atoms with van der Waals surface area (Å²) in [7, 11) is 0. The molecule has 0 fully saturated rings. The lowest BCUT2D eigenvalue weighted by atomic mass is 10.2. The molecule has 0 unspecified atom stereocenters. The molecule has 1 aromatic carbocycles. The van der Waals surface area contributed by atoms with Gasteiger partial charge in [0.25, 0.3) is 0 Å². The van der Waals surface area contributed by atoms with Gasteiger partial charge in [-0.25, -0.2) is 0 Å². The fraction of sp³-hybridized carbons (Fsp3) is 0.333. The van der Waals surface area contributed by atoms with Crippen LogP contribution in [0.4, 0.5) is 0 Å². The number of hydrogen-bond donors (Lipinski definition) is 0. The van der Waals surface area contributed by atoms with Gasteiger partial charge in [0.15, 0.2) is 0 Å². The molecule has 0 N–H and O–H groups in total. The van der Waals surface area contributed by atoms with Crippen LogP contribution in [0.15, 0.2) is 22.7 Å². The molecule has 0 saturated carbocycles. The van der Waals surface area contributed by atoms with Crippen molar-refractivity contribution in [1.29, 1.82) is 0 Å². The zero-order chi connectivity index (χ0) is 8.39. The lowest BCUT2D eigenvalue weighted by Gasteiger charge is -2.06. The average Bonchev–Trinajstić information content (AvgIpc) is 2.30. The average molecular weight is 229 g/mol. The third-order valence-corrected chi connectivity index (χ3v) is 2.55. The molecule has 1 aliphatic rings. The number of rotatable bonds is 0. The van der Waals surface area contributed by atoms with E-state index < -0.39 is 0 Å². The molecule has 0 aliphatic carbocycles. The van der Waals surface area contributed by atoms with E-state index in [1.165, 1.54) is 0 Å². The highest BCUT2D eigenvalue weighted by Gasteiger charge is 2.10. The molecule has 3 heteroatoms. The fourth-order valence-corrected chi connectivity index (χ4v) is 1.66. The predicted octanol–water partition coefficient (Wildman–Crippen LogP) is 2.36. The van der Waals surface area contributed by atoms with Crippen molar-refractivity contribution in [2.45, 2.75) is 6.61 Å². The monoisotopic (exact) mass is 228 g/mol. The van der Waals surface area contributed by atoms with Crippen LogP contribution in [-0.4, -0.2) is 13.2 Å². The highest BCUT2D eigenvalue weighted by molar-refractivity contribution is 9.10. The Balaban J connectivity index is 2.42. The molecule has 0 radical (unpaired) electrons. The zero-order valence-electron chi connectivity index (χ0n) is 6.55.